The number of nitrogens with zero attached hydrogens (tertiary/aromatic N) is 3. The minimum atomic E-state index is -0.947. The second-order valence-corrected chi connectivity index (χ2v) is 9.17. The minimum absolute atomic E-state index is 0.108. The average Bonchev–Trinajstić information content (AvgIpc) is 3.09. The molecule has 1 unspecified atom stereocenters. The van der Waals surface area contributed by atoms with E-state index in [1.165, 1.54) is 0 Å². The molecule has 0 saturated carbocycles. The Morgan fingerprint density at radius 2 is 1.94 bits per heavy atom. The molecule has 1 aliphatic heterocycles. The van der Waals surface area contributed by atoms with E-state index in [1.54, 1.807) is 6.33 Å². The third-order valence-corrected chi connectivity index (χ3v) is 6.88. The number of hydrogen-bond donors (Lipinski definition) is 1. The smallest absolute Gasteiger partial charge is 0.224 e. The lowest BCUT2D eigenvalue weighted by molar-refractivity contribution is -0.131. The zero-order chi connectivity index (χ0) is 22.7. The molecule has 2 aromatic carbocycles. The Kier molecular flexibility index (Phi) is 6.72. The van der Waals surface area contributed by atoms with Gasteiger partial charge in [-0.2, -0.15) is 0 Å². The Labute approximate surface area is 193 Å². The highest BCUT2D eigenvalue weighted by molar-refractivity contribution is 6.32. The molecule has 0 spiro atoms. The van der Waals surface area contributed by atoms with E-state index in [0.717, 1.165) is 33.6 Å². The topological polar surface area (TPSA) is 67.6 Å². The summed E-state index contributed by atoms with van der Waals surface area (Å²) in [6.07, 6.45) is 4.06. The van der Waals surface area contributed by atoms with Crippen LogP contribution in [0.4, 0.5) is 0 Å². The van der Waals surface area contributed by atoms with Gasteiger partial charge in [-0.25, -0.2) is 4.98 Å². The van der Waals surface area contributed by atoms with Crippen LogP contribution < -0.4 is 4.74 Å². The van der Waals surface area contributed by atoms with E-state index in [9.17, 15) is 9.90 Å². The Morgan fingerprint density at radius 3 is 2.72 bits per heavy atom. The van der Waals surface area contributed by atoms with Crippen LogP contribution in [0.2, 0.25) is 5.02 Å². The molecular formula is C25H30ClN3O3. The lowest BCUT2D eigenvalue weighted by atomic mass is 9.96. The number of aryl methyl sites for hydroxylation is 3. The van der Waals surface area contributed by atoms with Crippen molar-refractivity contribution in [3.05, 3.63) is 58.9 Å². The first kappa shape index (κ1) is 22.6. The van der Waals surface area contributed by atoms with Crippen LogP contribution in [0.15, 0.2) is 42.7 Å². The molecule has 1 fully saturated rings. The quantitative estimate of drug-likeness (QED) is 0.593. The number of aliphatic hydroxyl groups is 1. The molecule has 1 saturated heterocycles. The fourth-order valence-corrected chi connectivity index (χ4v) is 4.45. The Morgan fingerprint density at radius 1 is 1.19 bits per heavy atom. The van der Waals surface area contributed by atoms with Gasteiger partial charge in [0.05, 0.1) is 17.4 Å². The average molecular weight is 456 g/mol. The summed E-state index contributed by atoms with van der Waals surface area (Å²) in [7, 11) is 0. The van der Waals surface area contributed by atoms with Gasteiger partial charge in [0.1, 0.15) is 18.0 Å². The number of halogens is 1. The molecule has 1 N–H and O–H groups in total. The van der Waals surface area contributed by atoms with Crippen LogP contribution in [0, 0.1) is 13.8 Å². The number of hydrogen-bond acceptors (Lipinski definition) is 4. The molecule has 4 rings (SSSR count). The standard InChI is InChI=1S/C25H30ClN3O3/c1-18-14-20(15-19(2)24(18)26)32-16-25(31)9-5-11-28(13-10-25)23(30)8-12-29-17-27-21-6-3-4-7-22(21)29/h3-4,6-7,14-15,17,31H,5,8-13,16H2,1-2H3. The zero-order valence-electron chi connectivity index (χ0n) is 18.7. The fraction of sp³-hybridized carbons (Fsp3) is 0.440. The molecule has 1 atom stereocenters. The number of rotatable bonds is 6. The molecule has 3 aromatic rings. The highest BCUT2D eigenvalue weighted by atomic mass is 35.5. The predicted molar refractivity (Wildman–Crippen MR) is 126 cm³/mol. The van der Waals surface area contributed by atoms with Crippen molar-refractivity contribution in [1.29, 1.82) is 0 Å². The number of para-hydroxylation sites is 2. The molecule has 1 amide bonds. The summed E-state index contributed by atoms with van der Waals surface area (Å²) in [5.74, 6) is 0.819. The van der Waals surface area contributed by atoms with Crippen LogP contribution >= 0.6 is 11.6 Å². The molecule has 0 radical (unpaired) electrons. The summed E-state index contributed by atoms with van der Waals surface area (Å²) < 4.78 is 7.95. The second-order valence-electron chi connectivity index (χ2n) is 8.80. The molecule has 6 nitrogen and oxygen atoms in total. The van der Waals surface area contributed by atoms with Crippen molar-refractivity contribution in [1.82, 2.24) is 14.5 Å². The van der Waals surface area contributed by atoms with Gasteiger partial charge in [0.15, 0.2) is 0 Å². The van der Waals surface area contributed by atoms with Crippen molar-refractivity contribution >= 4 is 28.5 Å². The third kappa shape index (κ3) is 5.08. The Balaban J connectivity index is 1.31. The Bertz CT molecular complexity index is 1090. The van der Waals surface area contributed by atoms with Gasteiger partial charge in [-0.05, 0) is 68.5 Å². The normalized spacial score (nSPS) is 19.2. The molecular weight excluding hydrogens is 426 g/mol. The maximum atomic E-state index is 12.8. The number of carbonyl (C=O) groups excluding carboxylic acids is 1. The molecule has 0 aliphatic carbocycles. The van der Waals surface area contributed by atoms with Gasteiger partial charge in [-0.1, -0.05) is 23.7 Å². The van der Waals surface area contributed by atoms with Gasteiger partial charge >= 0.3 is 0 Å². The Hall–Kier alpha value is -2.57. The van der Waals surface area contributed by atoms with Crippen LogP contribution in [-0.4, -0.2) is 50.8 Å². The molecule has 0 bridgehead atoms. The maximum Gasteiger partial charge on any atom is 0.224 e. The fourth-order valence-electron chi connectivity index (χ4n) is 4.34. The van der Waals surface area contributed by atoms with Crippen molar-refractivity contribution in [2.24, 2.45) is 0 Å². The highest BCUT2D eigenvalue weighted by Crippen LogP contribution is 2.28. The predicted octanol–water partition coefficient (Wildman–Crippen LogP) is 4.52. The lowest BCUT2D eigenvalue weighted by Gasteiger charge is -2.27. The summed E-state index contributed by atoms with van der Waals surface area (Å²) >= 11 is 6.23. The molecule has 170 valence electrons. The minimum Gasteiger partial charge on any atom is -0.491 e. The van der Waals surface area contributed by atoms with Gasteiger partial charge in [-0.15, -0.1) is 0 Å². The van der Waals surface area contributed by atoms with Crippen LogP contribution in [0.3, 0.4) is 0 Å². The number of amides is 1. The number of fused-ring (bicyclic) bond motifs is 1. The third-order valence-electron chi connectivity index (χ3n) is 6.28. The summed E-state index contributed by atoms with van der Waals surface area (Å²) in [5.41, 5.74) is 2.94. The molecule has 32 heavy (non-hydrogen) atoms. The van der Waals surface area contributed by atoms with Gasteiger partial charge in [-0.3, -0.25) is 4.79 Å². The SMILES string of the molecule is Cc1cc(OCC2(O)CCCN(C(=O)CCn3cnc4ccccc43)CC2)cc(C)c1Cl. The molecule has 2 heterocycles. The van der Waals surface area contributed by atoms with Crippen molar-refractivity contribution in [3.8, 4) is 5.75 Å². The van der Waals surface area contributed by atoms with Crippen LogP contribution in [0.25, 0.3) is 11.0 Å². The summed E-state index contributed by atoms with van der Waals surface area (Å²) in [6.45, 7) is 5.87. The number of carbonyl (C=O) groups is 1. The lowest BCUT2D eigenvalue weighted by Crippen LogP contribution is -2.38. The van der Waals surface area contributed by atoms with Crippen LogP contribution in [0.1, 0.15) is 36.8 Å². The van der Waals surface area contributed by atoms with Crippen molar-refractivity contribution in [2.75, 3.05) is 19.7 Å². The van der Waals surface area contributed by atoms with Gasteiger partial charge in [0.25, 0.3) is 0 Å². The monoisotopic (exact) mass is 455 g/mol. The summed E-state index contributed by atoms with van der Waals surface area (Å²) in [5, 5.41) is 11.8. The van der Waals surface area contributed by atoms with Gasteiger partial charge in [0.2, 0.25) is 5.91 Å². The van der Waals surface area contributed by atoms with E-state index < -0.39 is 5.60 Å². The van der Waals surface area contributed by atoms with E-state index in [1.807, 2.05) is 59.7 Å². The number of imidazole rings is 1. The van der Waals surface area contributed by atoms with Crippen molar-refractivity contribution < 1.29 is 14.6 Å². The van der Waals surface area contributed by atoms with Crippen LogP contribution in [0.5, 0.6) is 5.75 Å². The molecule has 1 aliphatic rings. The summed E-state index contributed by atoms with van der Waals surface area (Å²) in [4.78, 5) is 19.1. The number of benzene rings is 2. The number of likely N-dealkylation sites (tertiary alicyclic amines) is 1. The van der Waals surface area contributed by atoms with Gasteiger partial charge in [0, 0.05) is 31.1 Å². The number of ether oxygens (including phenoxy) is 1. The first-order valence-corrected chi connectivity index (χ1v) is 11.5. The van der Waals surface area contributed by atoms with E-state index in [4.69, 9.17) is 16.3 Å². The van der Waals surface area contributed by atoms with E-state index in [0.29, 0.717) is 44.6 Å². The van der Waals surface area contributed by atoms with Gasteiger partial charge < -0.3 is 19.3 Å². The highest BCUT2D eigenvalue weighted by Gasteiger charge is 2.32. The van der Waals surface area contributed by atoms with E-state index >= 15 is 0 Å². The maximum absolute atomic E-state index is 12.8. The van der Waals surface area contributed by atoms with Crippen molar-refractivity contribution in [3.63, 3.8) is 0 Å². The zero-order valence-corrected chi connectivity index (χ0v) is 19.4. The van der Waals surface area contributed by atoms with Crippen molar-refractivity contribution in [2.45, 2.75) is 51.7 Å². The largest absolute Gasteiger partial charge is 0.491 e. The molecule has 7 heteroatoms. The molecule has 1 aromatic heterocycles. The summed E-state index contributed by atoms with van der Waals surface area (Å²) in [6, 6.07) is 11.7. The van der Waals surface area contributed by atoms with Crippen LogP contribution in [-0.2, 0) is 11.3 Å². The number of aromatic nitrogens is 2. The van der Waals surface area contributed by atoms with E-state index in [-0.39, 0.29) is 12.5 Å². The second kappa shape index (κ2) is 9.51. The first-order valence-electron chi connectivity index (χ1n) is 11.1. The first-order chi connectivity index (χ1) is 15.3. The van der Waals surface area contributed by atoms with E-state index in [2.05, 4.69) is 4.98 Å².